The summed E-state index contributed by atoms with van der Waals surface area (Å²) in [5, 5.41) is 13.0. The van der Waals surface area contributed by atoms with Crippen molar-refractivity contribution in [3.8, 4) is 0 Å². The molecule has 15 heavy (non-hydrogen) atoms. The Kier molecular flexibility index (Phi) is 5.58. The molecule has 1 aliphatic carbocycles. The minimum Gasteiger partial charge on any atom is -0.393 e. The minimum atomic E-state index is -0.0688. The fourth-order valence-corrected chi connectivity index (χ4v) is 2.17. The number of methoxy groups -OCH3 is 1. The summed E-state index contributed by atoms with van der Waals surface area (Å²) in [5.41, 5.74) is 0. The van der Waals surface area contributed by atoms with E-state index in [0.29, 0.717) is 12.0 Å². The fraction of sp³-hybridized carbons (Fsp3) is 1.00. The molecule has 1 rings (SSSR count). The Bertz CT molecular complexity index is 175. The SMILES string of the molecule is COC(C)C(C)NCC1CCCC(O)C1. The highest BCUT2D eigenvalue weighted by molar-refractivity contribution is 4.76. The maximum absolute atomic E-state index is 9.55. The molecule has 1 aliphatic rings. The lowest BCUT2D eigenvalue weighted by Crippen LogP contribution is -2.40. The lowest BCUT2D eigenvalue weighted by atomic mass is 9.87. The molecule has 1 fully saturated rings. The number of hydrogen-bond acceptors (Lipinski definition) is 3. The Morgan fingerprint density at radius 3 is 2.73 bits per heavy atom. The van der Waals surface area contributed by atoms with Gasteiger partial charge in [0.25, 0.3) is 0 Å². The molecule has 0 radical (unpaired) electrons. The van der Waals surface area contributed by atoms with E-state index in [-0.39, 0.29) is 12.2 Å². The smallest absolute Gasteiger partial charge is 0.0693 e. The first-order chi connectivity index (χ1) is 7.13. The maximum Gasteiger partial charge on any atom is 0.0693 e. The van der Waals surface area contributed by atoms with Crippen LogP contribution in [-0.2, 0) is 4.74 Å². The van der Waals surface area contributed by atoms with E-state index in [4.69, 9.17) is 4.74 Å². The largest absolute Gasteiger partial charge is 0.393 e. The summed E-state index contributed by atoms with van der Waals surface area (Å²) < 4.78 is 5.26. The first-order valence-corrected chi connectivity index (χ1v) is 6.07. The number of nitrogens with one attached hydrogen (secondary N) is 1. The highest BCUT2D eigenvalue weighted by atomic mass is 16.5. The second kappa shape index (κ2) is 6.46. The van der Waals surface area contributed by atoms with E-state index in [2.05, 4.69) is 19.2 Å². The molecule has 0 saturated heterocycles. The van der Waals surface area contributed by atoms with Crippen LogP contribution < -0.4 is 5.32 Å². The summed E-state index contributed by atoms with van der Waals surface area (Å²) in [6, 6.07) is 0.383. The quantitative estimate of drug-likeness (QED) is 0.731. The van der Waals surface area contributed by atoms with E-state index in [9.17, 15) is 5.11 Å². The zero-order chi connectivity index (χ0) is 11.3. The topological polar surface area (TPSA) is 41.5 Å². The van der Waals surface area contributed by atoms with E-state index in [1.165, 1.54) is 12.8 Å². The molecule has 3 heteroatoms. The van der Waals surface area contributed by atoms with Crippen molar-refractivity contribution in [1.29, 1.82) is 0 Å². The predicted octanol–water partition coefficient (Wildman–Crippen LogP) is 1.55. The van der Waals surface area contributed by atoms with Crippen LogP contribution in [0.4, 0.5) is 0 Å². The van der Waals surface area contributed by atoms with Crippen LogP contribution in [0.2, 0.25) is 0 Å². The molecule has 0 spiro atoms. The zero-order valence-corrected chi connectivity index (χ0v) is 10.2. The van der Waals surface area contributed by atoms with Crippen molar-refractivity contribution in [2.45, 2.75) is 57.8 Å². The summed E-state index contributed by atoms with van der Waals surface area (Å²) in [6.07, 6.45) is 4.54. The highest BCUT2D eigenvalue weighted by Gasteiger charge is 2.21. The van der Waals surface area contributed by atoms with Gasteiger partial charge in [0.1, 0.15) is 0 Å². The molecule has 0 aromatic rings. The molecule has 0 heterocycles. The van der Waals surface area contributed by atoms with Crippen molar-refractivity contribution in [3.63, 3.8) is 0 Å². The molecular formula is C12H25NO2. The normalized spacial score (nSPS) is 31.2. The molecular weight excluding hydrogens is 190 g/mol. The van der Waals surface area contributed by atoms with Crippen LogP contribution >= 0.6 is 0 Å². The summed E-state index contributed by atoms with van der Waals surface area (Å²) in [6.45, 7) is 5.23. The van der Waals surface area contributed by atoms with E-state index < -0.39 is 0 Å². The number of hydrogen-bond donors (Lipinski definition) is 2. The molecule has 0 aromatic heterocycles. The van der Waals surface area contributed by atoms with Gasteiger partial charge in [-0.3, -0.25) is 0 Å². The second-order valence-corrected chi connectivity index (χ2v) is 4.82. The van der Waals surface area contributed by atoms with Crippen molar-refractivity contribution in [2.75, 3.05) is 13.7 Å². The van der Waals surface area contributed by atoms with Gasteiger partial charge in [-0.1, -0.05) is 6.42 Å². The molecule has 2 N–H and O–H groups in total. The van der Waals surface area contributed by atoms with Crippen molar-refractivity contribution in [1.82, 2.24) is 5.32 Å². The number of aliphatic hydroxyl groups excluding tert-OH is 1. The molecule has 0 amide bonds. The number of aliphatic hydroxyl groups is 1. The third-order valence-corrected chi connectivity index (χ3v) is 3.56. The molecule has 0 aromatic carbocycles. The van der Waals surface area contributed by atoms with Gasteiger partial charge in [0, 0.05) is 13.2 Å². The third kappa shape index (κ3) is 4.49. The highest BCUT2D eigenvalue weighted by Crippen LogP contribution is 2.23. The first kappa shape index (κ1) is 12.9. The summed E-state index contributed by atoms with van der Waals surface area (Å²) in [7, 11) is 1.74. The minimum absolute atomic E-state index is 0.0688. The van der Waals surface area contributed by atoms with Gasteiger partial charge in [0.2, 0.25) is 0 Å². The van der Waals surface area contributed by atoms with Crippen LogP contribution in [0.3, 0.4) is 0 Å². The monoisotopic (exact) mass is 215 g/mol. The Morgan fingerprint density at radius 2 is 2.13 bits per heavy atom. The fourth-order valence-electron chi connectivity index (χ4n) is 2.17. The second-order valence-electron chi connectivity index (χ2n) is 4.82. The van der Waals surface area contributed by atoms with Crippen LogP contribution in [0, 0.1) is 5.92 Å². The van der Waals surface area contributed by atoms with Crippen molar-refractivity contribution < 1.29 is 9.84 Å². The van der Waals surface area contributed by atoms with E-state index in [1.54, 1.807) is 7.11 Å². The van der Waals surface area contributed by atoms with Crippen molar-refractivity contribution in [2.24, 2.45) is 5.92 Å². The van der Waals surface area contributed by atoms with Gasteiger partial charge in [-0.05, 0) is 45.6 Å². The molecule has 90 valence electrons. The maximum atomic E-state index is 9.55. The summed E-state index contributed by atoms with van der Waals surface area (Å²) in [5.74, 6) is 0.639. The molecule has 0 bridgehead atoms. The van der Waals surface area contributed by atoms with Crippen molar-refractivity contribution >= 4 is 0 Å². The Morgan fingerprint density at radius 1 is 1.40 bits per heavy atom. The number of rotatable bonds is 5. The van der Waals surface area contributed by atoms with Gasteiger partial charge in [0.05, 0.1) is 12.2 Å². The van der Waals surface area contributed by atoms with Crippen LogP contribution in [0.5, 0.6) is 0 Å². The standard InChI is InChI=1S/C12H25NO2/c1-9(10(2)15-3)13-8-11-5-4-6-12(14)7-11/h9-14H,4-8H2,1-3H3. The average molecular weight is 215 g/mol. The van der Waals surface area contributed by atoms with Gasteiger partial charge in [-0.25, -0.2) is 0 Å². The van der Waals surface area contributed by atoms with E-state index in [0.717, 1.165) is 19.4 Å². The first-order valence-electron chi connectivity index (χ1n) is 6.07. The van der Waals surface area contributed by atoms with Gasteiger partial charge in [0.15, 0.2) is 0 Å². The van der Waals surface area contributed by atoms with Gasteiger partial charge < -0.3 is 15.2 Å². The van der Waals surface area contributed by atoms with Crippen LogP contribution in [0.1, 0.15) is 39.5 Å². The van der Waals surface area contributed by atoms with Crippen molar-refractivity contribution in [3.05, 3.63) is 0 Å². The zero-order valence-electron chi connectivity index (χ0n) is 10.2. The Labute approximate surface area is 93.2 Å². The number of ether oxygens (including phenoxy) is 1. The Hall–Kier alpha value is -0.120. The van der Waals surface area contributed by atoms with Crippen LogP contribution in [0.25, 0.3) is 0 Å². The summed E-state index contributed by atoms with van der Waals surface area (Å²) >= 11 is 0. The van der Waals surface area contributed by atoms with E-state index >= 15 is 0 Å². The predicted molar refractivity (Wildman–Crippen MR) is 61.9 cm³/mol. The van der Waals surface area contributed by atoms with E-state index in [1.807, 2.05) is 0 Å². The van der Waals surface area contributed by atoms with Gasteiger partial charge >= 0.3 is 0 Å². The molecule has 0 aliphatic heterocycles. The van der Waals surface area contributed by atoms with Gasteiger partial charge in [-0.2, -0.15) is 0 Å². The third-order valence-electron chi connectivity index (χ3n) is 3.56. The van der Waals surface area contributed by atoms with Crippen LogP contribution in [0.15, 0.2) is 0 Å². The molecule has 1 saturated carbocycles. The van der Waals surface area contributed by atoms with Gasteiger partial charge in [-0.15, -0.1) is 0 Å². The molecule has 4 unspecified atom stereocenters. The summed E-state index contributed by atoms with van der Waals surface area (Å²) in [4.78, 5) is 0. The lowest BCUT2D eigenvalue weighted by molar-refractivity contribution is 0.0771. The average Bonchev–Trinajstić information content (AvgIpc) is 2.25. The Balaban J connectivity index is 2.18. The molecule has 3 nitrogen and oxygen atoms in total. The lowest BCUT2D eigenvalue weighted by Gasteiger charge is -2.28. The van der Waals surface area contributed by atoms with Crippen LogP contribution in [-0.4, -0.2) is 37.0 Å². The molecule has 4 atom stereocenters.